The Morgan fingerprint density at radius 1 is 1.00 bits per heavy atom. The number of nitrogens with one attached hydrogen (secondary N) is 1. The summed E-state index contributed by atoms with van der Waals surface area (Å²) in [4.78, 5) is 25.7. The average molecular weight is 435 g/mol. The second-order valence-corrected chi connectivity index (χ2v) is 7.85. The largest absolute Gasteiger partial charge is 0.497 e. The van der Waals surface area contributed by atoms with Crippen LogP contribution in [0.5, 0.6) is 5.75 Å². The number of carbonyl (C=O) groups is 2. The number of nitrogens with zero attached hydrogens (tertiary/aromatic N) is 1. The van der Waals surface area contributed by atoms with Gasteiger partial charge in [0.2, 0.25) is 0 Å². The maximum absolute atomic E-state index is 12.9. The lowest BCUT2D eigenvalue weighted by Crippen LogP contribution is -2.20. The van der Waals surface area contributed by atoms with Gasteiger partial charge in [0.1, 0.15) is 5.75 Å². The highest BCUT2D eigenvalue weighted by Gasteiger charge is 2.34. The monoisotopic (exact) mass is 434 g/mol. The maximum Gasteiger partial charge on any atom is 0.259 e. The molecular formula is C24H19ClN2O4. The van der Waals surface area contributed by atoms with Crippen LogP contribution in [0.25, 0.3) is 32.9 Å². The smallest absolute Gasteiger partial charge is 0.259 e. The zero-order valence-electron chi connectivity index (χ0n) is 16.7. The van der Waals surface area contributed by atoms with E-state index in [2.05, 4.69) is 9.88 Å². The van der Waals surface area contributed by atoms with Crippen LogP contribution in [0.4, 0.5) is 0 Å². The van der Waals surface area contributed by atoms with Gasteiger partial charge in [0.05, 0.1) is 29.3 Å². The maximum atomic E-state index is 12.9. The standard InChI is InChI=1S/C24H19ClN2O4/c1-31-13-7-8-15-18(11-13)27(9-4-10-28)19-12-16(14-5-2-3-6-17(14)25)21-22(20(15)19)24(30)26-23(21)29/h2-3,5-8,11-12,28H,4,9-10H2,1H3,(H,26,29,30). The summed E-state index contributed by atoms with van der Waals surface area (Å²) in [6.45, 7) is 0.576. The third-order valence-corrected chi connectivity index (χ3v) is 6.08. The lowest BCUT2D eigenvalue weighted by Gasteiger charge is -2.12. The Morgan fingerprint density at radius 3 is 2.52 bits per heavy atom. The minimum atomic E-state index is -0.429. The number of aromatic nitrogens is 1. The van der Waals surface area contributed by atoms with E-state index in [1.807, 2.05) is 42.5 Å². The Kier molecular flexibility index (Phi) is 4.68. The van der Waals surface area contributed by atoms with E-state index >= 15 is 0 Å². The number of hydrogen-bond donors (Lipinski definition) is 2. The van der Waals surface area contributed by atoms with E-state index in [0.29, 0.717) is 51.4 Å². The number of ether oxygens (including phenoxy) is 1. The number of methoxy groups -OCH3 is 1. The van der Waals surface area contributed by atoms with Gasteiger partial charge < -0.3 is 14.4 Å². The molecule has 2 amide bonds. The Labute approximate surface area is 183 Å². The minimum absolute atomic E-state index is 0.0341. The van der Waals surface area contributed by atoms with Gasteiger partial charge in [0.25, 0.3) is 11.8 Å². The zero-order chi connectivity index (χ0) is 21.7. The van der Waals surface area contributed by atoms with Crippen molar-refractivity contribution in [3.05, 3.63) is 64.7 Å². The summed E-state index contributed by atoms with van der Waals surface area (Å²) >= 11 is 6.46. The first-order valence-electron chi connectivity index (χ1n) is 9.93. The third kappa shape index (κ3) is 2.91. The Morgan fingerprint density at radius 2 is 1.77 bits per heavy atom. The summed E-state index contributed by atoms with van der Waals surface area (Å²) in [7, 11) is 1.60. The summed E-state index contributed by atoms with van der Waals surface area (Å²) in [5.41, 5.74) is 3.65. The number of aliphatic hydroxyl groups excluding tert-OH is 1. The molecule has 4 aromatic rings. The van der Waals surface area contributed by atoms with Crippen LogP contribution in [0.3, 0.4) is 0 Å². The summed E-state index contributed by atoms with van der Waals surface area (Å²) in [6, 6.07) is 14.8. The first-order valence-corrected chi connectivity index (χ1v) is 10.3. The number of halogens is 1. The van der Waals surface area contributed by atoms with Gasteiger partial charge in [-0.3, -0.25) is 14.9 Å². The van der Waals surface area contributed by atoms with Crippen LogP contribution < -0.4 is 10.1 Å². The minimum Gasteiger partial charge on any atom is -0.497 e. The van der Waals surface area contributed by atoms with Crippen molar-refractivity contribution in [1.29, 1.82) is 0 Å². The number of aryl methyl sites for hydroxylation is 1. The molecule has 0 fully saturated rings. The molecule has 2 heterocycles. The van der Waals surface area contributed by atoms with Crippen molar-refractivity contribution < 1.29 is 19.4 Å². The molecule has 5 rings (SSSR count). The van der Waals surface area contributed by atoms with Crippen molar-refractivity contribution in [2.75, 3.05) is 13.7 Å². The van der Waals surface area contributed by atoms with Crippen LogP contribution >= 0.6 is 11.6 Å². The van der Waals surface area contributed by atoms with E-state index in [9.17, 15) is 14.7 Å². The fourth-order valence-electron chi connectivity index (χ4n) is 4.41. The van der Waals surface area contributed by atoms with Crippen LogP contribution in [0.15, 0.2) is 48.5 Å². The topological polar surface area (TPSA) is 80.6 Å². The zero-order valence-corrected chi connectivity index (χ0v) is 17.5. The molecule has 1 aliphatic heterocycles. The molecule has 1 aromatic heterocycles. The van der Waals surface area contributed by atoms with Crippen LogP contribution in [0.1, 0.15) is 27.1 Å². The van der Waals surface area contributed by atoms with Crippen molar-refractivity contribution >= 4 is 45.2 Å². The van der Waals surface area contributed by atoms with Crippen molar-refractivity contribution in [3.63, 3.8) is 0 Å². The molecule has 0 aliphatic carbocycles. The number of carbonyl (C=O) groups excluding carboxylic acids is 2. The van der Waals surface area contributed by atoms with E-state index < -0.39 is 11.8 Å². The van der Waals surface area contributed by atoms with Crippen molar-refractivity contribution in [1.82, 2.24) is 9.88 Å². The molecule has 0 unspecified atom stereocenters. The molecule has 31 heavy (non-hydrogen) atoms. The van der Waals surface area contributed by atoms with Gasteiger partial charge in [-0.05, 0) is 36.2 Å². The molecule has 7 heteroatoms. The molecule has 0 atom stereocenters. The van der Waals surface area contributed by atoms with E-state index in [4.69, 9.17) is 16.3 Å². The van der Waals surface area contributed by atoms with Gasteiger partial charge >= 0.3 is 0 Å². The van der Waals surface area contributed by atoms with E-state index in [1.165, 1.54) is 0 Å². The first-order chi connectivity index (χ1) is 15.0. The number of aliphatic hydroxyl groups is 1. The Bertz CT molecular complexity index is 1390. The first kappa shape index (κ1) is 19.6. The van der Waals surface area contributed by atoms with Crippen molar-refractivity contribution in [3.8, 4) is 16.9 Å². The number of benzene rings is 3. The van der Waals surface area contributed by atoms with Gasteiger partial charge in [0, 0.05) is 40.6 Å². The second-order valence-electron chi connectivity index (χ2n) is 7.44. The molecule has 0 saturated heterocycles. The highest BCUT2D eigenvalue weighted by atomic mass is 35.5. The van der Waals surface area contributed by atoms with Crippen LogP contribution in [-0.2, 0) is 6.54 Å². The molecule has 2 N–H and O–H groups in total. The molecule has 0 radical (unpaired) electrons. The average Bonchev–Trinajstić information content (AvgIpc) is 3.24. The number of fused-ring (bicyclic) bond motifs is 5. The number of hydrogen-bond acceptors (Lipinski definition) is 4. The summed E-state index contributed by atoms with van der Waals surface area (Å²) in [5.74, 6) is -0.165. The van der Waals surface area contributed by atoms with Crippen molar-refractivity contribution in [2.45, 2.75) is 13.0 Å². The molecule has 0 bridgehead atoms. The summed E-state index contributed by atoms with van der Waals surface area (Å²) in [6.07, 6.45) is 0.541. The van der Waals surface area contributed by atoms with Crippen LogP contribution in [-0.4, -0.2) is 35.2 Å². The molecular weight excluding hydrogens is 416 g/mol. The highest BCUT2D eigenvalue weighted by molar-refractivity contribution is 6.36. The number of imide groups is 1. The van der Waals surface area contributed by atoms with Gasteiger partial charge in [-0.2, -0.15) is 0 Å². The Balaban J connectivity index is 1.97. The lowest BCUT2D eigenvalue weighted by atomic mass is 9.93. The predicted octanol–water partition coefficient (Wildman–Crippen LogP) is 4.39. The van der Waals surface area contributed by atoms with Gasteiger partial charge in [-0.25, -0.2) is 0 Å². The summed E-state index contributed by atoms with van der Waals surface area (Å²) < 4.78 is 7.46. The van der Waals surface area contributed by atoms with Crippen molar-refractivity contribution in [2.24, 2.45) is 0 Å². The van der Waals surface area contributed by atoms with Gasteiger partial charge in [-0.15, -0.1) is 0 Å². The van der Waals surface area contributed by atoms with Crippen LogP contribution in [0.2, 0.25) is 5.02 Å². The normalized spacial score (nSPS) is 13.1. The van der Waals surface area contributed by atoms with Gasteiger partial charge in [-0.1, -0.05) is 29.8 Å². The molecule has 1 aliphatic rings. The summed E-state index contributed by atoms with van der Waals surface area (Å²) in [5, 5.41) is 14.0. The molecule has 0 spiro atoms. The lowest BCUT2D eigenvalue weighted by molar-refractivity contribution is 0.0880. The highest BCUT2D eigenvalue weighted by Crippen LogP contribution is 2.42. The Hall–Kier alpha value is -3.35. The quantitative estimate of drug-likeness (QED) is 0.456. The fraction of sp³-hybridized carbons (Fsp3) is 0.167. The molecule has 0 saturated carbocycles. The number of amides is 2. The van der Waals surface area contributed by atoms with E-state index in [1.54, 1.807) is 13.2 Å². The molecule has 3 aromatic carbocycles. The second kappa shape index (κ2) is 7.41. The van der Waals surface area contributed by atoms with E-state index in [-0.39, 0.29) is 6.61 Å². The SMILES string of the molecule is COc1ccc2c3c4c(c(-c5ccccc5Cl)cc3n(CCCO)c2c1)C(=O)NC4=O. The number of rotatable bonds is 5. The predicted molar refractivity (Wildman–Crippen MR) is 120 cm³/mol. The molecule has 156 valence electrons. The van der Waals surface area contributed by atoms with E-state index in [0.717, 1.165) is 16.4 Å². The van der Waals surface area contributed by atoms with Gasteiger partial charge in [0.15, 0.2) is 0 Å². The van der Waals surface area contributed by atoms with Crippen LogP contribution in [0, 0.1) is 0 Å². The third-order valence-electron chi connectivity index (χ3n) is 5.75. The fourth-order valence-corrected chi connectivity index (χ4v) is 4.65. The molecule has 6 nitrogen and oxygen atoms in total.